The minimum atomic E-state index is 0.325. The van der Waals surface area contributed by atoms with Gasteiger partial charge in [-0.1, -0.05) is 25.1 Å². The molecular formula is C15H20N2OS. The fourth-order valence-electron chi connectivity index (χ4n) is 1.93. The van der Waals surface area contributed by atoms with Crippen LogP contribution >= 0.6 is 11.8 Å². The van der Waals surface area contributed by atoms with Crippen LogP contribution in [0.3, 0.4) is 0 Å². The summed E-state index contributed by atoms with van der Waals surface area (Å²) in [6.07, 6.45) is 0. The second kappa shape index (κ2) is 6.26. The summed E-state index contributed by atoms with van der Waals surface area (Å²) in [5.74, 6) is 0.889. The molecule has 0 aliphatic heterocycles. The Morgan fingerprint density at radius 3 is 2.68 bits per heavy atom. The Hall–Kier alpha value is -1.26. The van der Waals surface area contributed by atoms with Gasteiger partial charge in [-0.15, -0.1) is 0 Å². The number of aryl methyl sites for hydroxylation is 2. The van der Waals surface area contributed by atoms with Gasteiger partial charge in [0.05, 0.1) is 5.69 Å². The summed E-state index contributed by atoms with van der Waals surface area (Å²) in [6.45, 7) is 9.16. The van der Waals surface area contributed by atoms with E-state index in [1.807, 2.05) is 19.9 Å². The molecule has 1 aromatic heterocycles. The molecule has 0 saturated heterocycles. The normalized spacial score (nSPS) is 12.6. The van der Waals surface area contributed by atoms with E-state index >= 15 is 0 Å². The van der Waals surface area contributed by atoms with Gasteiger partial charge in [0, 0.05) is 10.9 Å². The Morgan fingerprint density at radius 2 is 2.05 bits per heavy atom. The van der Waals surface area contributed by atoms with E-state index in [4.69, 9.17) is 4.42 Å². The van der Waals surface area contributed by atoms with Crippen LogP contribution < -0.4 is 5.32 Å². The SMILES string of the molecule is CCNC(C)c1ccccc1Sc1nc(C)c(C)o1. The van der Waals surface area contributed by atoms with Crippen LogP contribution in [0.2, 0.25) is 0 Å². The van der Waals surface area contributed by atoms with Crippen molar-refractivity contribution in [1.29, 1.82) is 0 Å². The highest BCUT2D eigenvalue weighted by molar-refractivity contribution is 7.99. The molecule has 2 aromatic rings. The Morgan fingerprint density at radius 1 is 1.32 bits per heavy atom. The zero-order valence-corrected chi connectivity index (χ0v) is 12.7. The van der Waals surface area contributed by atoms with Crippen LogP contribution in [0.1, 0.15) is 36.9 Å². The van der Waals surface area contributed by atoms with Gasteiger partial charge in [-0.2, -0.15) is 0 Å². The first kappa shape index (κ1) is 14.2. The monoisotopic (exact) mass is 276 g/mol. The lowest BCUT2D eigenvalue weighted by Gasteiger charge is -2.15. The Kier molecular flexibility index (Phi) is 4.66. The van der Waals surface area contributed by atoms with Crippen molar-refractivity contribution < 1.29 is 4.42 Å². The number of benzene rings is 1. The van der Waals surface area contributed by atoms with E-state index < -0.39 is 0 Å². The van der Waals surface area contributed by atoms with E-state index in [2.05, 4.69) is 42.3 Å². The maximum atomic E-state index is 5.64. The van der Waals surface area contributed by atoms with Crippen molar-refractivity contribution >= 4 is 11.8 Å². The molecule has 0 amide bonds. The quantitative estimate of drug-likeness (QED) is 0.891. The lowest BCUT2D eigenvalue weighted by molar-refractivity contribution is 0.431. The van der Waals surface area contributed by atoms with Gasteiger partial charge < -0.3 is 9.73 Å². The number of nitrogens with one attached hydrogen (secondary N) is 1. The highest BCUT2D eigenvalue weighted by atomic mass is 32.2. The van der Waals surface area contributed by atoms with E-state index in [1.54, 1.807) is 11.8 Å². The summed E-state index contributed by atoms with van der Waals surface area (Å²) in [5.41, 5.74) is 2.24. The van der Waals surface area contributed by atoms with Gasteiger partial charge in [0.2, 0.25) is 0 Å². The predicted molar refractivity (Wildman–Crippen MR) is 78.6 cm³/mol. The Balaban J connectivity index is 2.24. The van der Waals surface area contributed by atoms with Gasteiger partial charge in [0.15, 0.2) is 0 Å². The molecule has 0 bridgehead atoms. The molecule has 1 heterocycles. The summed E-state index contributed by atoms with van der Waals surface area (Å²) in [6, 6.07) is 8.71. The predicted octanol–water partition coefficient (Wildman–Crippen LogP) is 4.11. The standard InChI is InChI=1S/C15H20N2OS/c1-5-16-11(3)13-8-6-7-9-14(13)19-15-17-10(2)12(4)18-15/h6-9,11,16H,5H2,1-4H3. The third-order valence-corrected chi connectivity index (χ3v) is 4.04. The second-order valence-electron chi connectivity index (χ2n) is 4.54. The molecule has 0 fully saturated rings. The van der Waals surface area contributed by atoms with Gasteiger partial charge in [0.25, 0.3) is 5.22 Å². The summed E-state index contributed by atoms with van der Waals surface area (Å²) in [7, 11) is 0. The third-order valence-electron chi connectivity index (χ3n) is 3.10. The van der Waals surface area contributed by atoms with Gasteiger partial charge in [0.1, 0.15) is 5.76 Å². The van der Waals surface area contributed by atoms with E-state index in [9.17, 15) is 0 Å². The second-order valence-corrected chi connectivity index (χ2v) is 5.53. The third kappa shape index (κ3) is 3.39. The number of nitrogens with zero attached hydrogens (tertiary/aromatic N) is 1. The van der Waals surface area contributed by atoms with Crippen molar-refractivity contribution in [2.24, 2.45) is 0 Å². The van der Waals surface area contributed by atoms with Crippen molar-refractivity contribution in [3.63, 3.8) is 0 Å². The molecule has 1 aromatic carbocycles. The summed E-state index contributed by atoms with van der Waals surface area (Å²) in [4.78, 5) is 5.62. The molecular weight excluding hydrogens is 256 g/mol. The van der Waals surface area contributed by atoms with E-state index in [1.165, 1.54) is 10.5 Å². The topological polar surface area (TPSA) is 38.1 Å². The number of rotatable bonds is 5. The highest BCUT2D eigenvalue weighted by Crippen LogP contribution is 2.33. The average Bonchev–Trinajstić information content (AvgIpc) is 2.69. The molecule has 0 aliphatic carbocycles. The first-order valence-electron chi connectivity index (χ1n) is 6.56. The highest BCUT2D eigenvalue weighted by Gasteiger charge is 2.13. The molecule has 1 atom stereocenters. The lowest BCUT2D eigenvalue weighted by atomic mass is 10.1. The van der Waals surface area contributed by atoms with Crippen molar-refractivity contribution in [2.45, 2.75) is 43.9 Å². The van der Waals surface area contributed by atoms with Crippen LogP contribution in [-0.2, 0) is 0 Å². The van der Waals surface area contributed by atoms with Gasteiger partial charge in [-0.3, -0.25) is 0 Å². The fraction of sp³-hybridized carbons (Fsp3) is 0.400. The zero-order chi connectivity index (χ0) is 13.8. The zero-order valence-electron chi connectivity index (χ0n) is 11.9. The van der Waals surface area contributed by atoms with Crippen LogP contribution in [0.15, 0.2) is 38.8 Å². The fourth-order valence-corrected chi connectivity index (χ4v) is 2.98. The van der Waals surface area contributed by atoms with E-state index in [-0.39, 0.29) is 0 Å². The van der Waals surface area contributed by atoms with Crippen LogP contribution in [0.5, 0.6) is 0 Å². The molecule has 4 heteroatoms. The van der Waals surface area contributed by atoms with Crippen LogP contribution in [-0.4, -0.2) is 11.5 Å². The van der Waals surface area contributed by atoms with Crippen LogP contribution in [0.25, 0.3) is 0 Å². The first-order chi connectivity index (χ1) is 9.11. The minimum Gasteiger partial charge on any atom is -0.436 e. The lowest BCUT2D eigenvalue weighted by Crippen LogP contribution is -2.18. The summed E-state index contributed by atoms with van der Waals surface area (Å²) >= 11 is 1.59. The number of aromatic nitrogens is 1. The van der Waals surface area contributed by atoms with Gasteiger partial charge >= 0.3 is 0 Å². The molecule has 1 unspecified atom stereocenters. The molecule has 102 valence electrons. The van der Waals surface area contributed by atoms with Crippen LogP contribution in [0.4, 0.5) is 0 Å². The van der Waals surface area contributed by atoms with E-state index in [0.29, 0.717) is 11.3 Å². The smallest absolute Gasteiger partial charge is 0.261 e. The van der Waals surface area contributed by atoms with Crippen molar-refractivity contribution in [1.82, 2.24) is 10.3 Å². The molecule has 0 saturated carbocycles. The van der Waals surface area contributed by atoms with Crippen molar-refractivity contribution in [3.05, 3.63) is 41.3 Å². The average molecular weight is 276 g/mol. The maximum Gasteiger partial charge on any atom is 0.261 e. The summed E-state index contributed by atoms with van der Waals surface area (Å²) < 4.78 is 5.64. The Bertz CT molecular complexity index is 531. The maximum absolute atomic E-state index is 5.64. The number of hydrogen-bond donors (Lipinski definition) is 1. The molecule has 0 aliphatic rings. The largest absolute Gasteiger partial charge is 0.436 e. The molecule has 0 radical (unpaired) electrons. The molecule has 1 N–H and O–H groups in total. The molecule has 0 spiro atoms. The number of oxazole rings is 1. The Labute approximate surface area is 118 Å². The van der Waals surface area contributed by atoms with E-state index in [0.717, 1.165) is 18.0 Å². The molecule has 2 rings (SSSR count). The van der Waals surface area contributed by atoms with Gasteiger partial charge in [-0.05, 0) is 50.7 Å². The molecule has 19 heavy (non-hydrogen) atoms. The van der Waals surface area contributed by atoms with Crippen molar-refractivity contribution in [2.75, 3.05) is 6.54 Å². The van der Waals surface area contributed by atoms with Crippen molar-refractivity contribution in [3.8, 4) is 0 Å². The summed E-state index contributed by atoms with van der Waals surface area (Å²) in [5, 5.41) is 4.15. The van der Waals surface area contributed by atoms with Gasteiger partial charge in [-0.25, -0.2) is 4.98 Å². The number of hydrogen-bond acceptors (Lipinski definition) is 4. The first-order valence-corrected chi connectivity index (χ1v) is 7.37. The molecule has 3 nitrogen and oxygen atoms in total. The van der Waals surface area contributed by atoms with Crippen LogP contribution in [0, 0.1) is 13.8 Å². The minimum absolute atomic E-state index is 0.325.